The van der Waals surface area contributed by atoms with Gasteiger partial charge in [-0.2, -0.15) is 9.78 Å². The summed E-state index contributed by atoms with van der Waals surface area (Å²) in [6.45, 7) is 3.63. The zero-order valence-electron chi connectivity index (χ0n) is 15.7. The second-order valence-electron chi connectivity index (χ2n) is 6.37. The first-order valence-corrected chi connectivity index (χ1v) is 9.57. The first kappa shape index (κ1) is 20.6. The Balaban J connectivity index is 1.78. The molecule has 3 rings (SSSR count). The van der Waals surface area contributed by atoms with Gasteiger partial charge in [-0.05, 0) is 40.3 Å². The molecule has 0 aliphatic rings. The lowest BCUT2D eigenvalue weighted by Gasteiger charge is -2.13. The molecule has 9 nitrogen and oxygen atoms in total. The molecule has 0 fully saturated rings. The van der Waals surface area contributed by atoms with Crippen LogP contribution in [0.25, 0.3) is 0 Å². The van der Waals surface area contributed by atoms with Crippen LogP contribution in [-0.4, -0.2) is 30.4 Å². The Bertz CT molecular complexity index is 1060. The van der Waals surface area contributed by atoms with Crippen molar-refractivity contribution in [2.24, 2.45) is 0 Å². The van der Waals surface area contributed by atoms with Gasteiger partial charge in [0.05, 0.1) is 27.9 Å². The van der Waals surface area contributed by atoms with E-state index in [0.29, 0.717) is 22.2 Å². The Labute approximate surface area is 173 Å². The minimum Gasteiger partial charge on any atom is -0.358 e. The van der Waals surface area contributed by atoms with Crippen molar-refractivity contribution in [3.63, 3.8) is 0 Å². The van der Waals surface area contributed by atoms with Crippen molar-refractivity contribution < 1.29 is 14.1 Å². The van der Waals surface area contributed by atoms with Crippen molar-refractivity contribution in [3.05, 3.63) is 68.2 Å². The van der Waals surface area contributed by atoms with Crippen LogP contribution >= 0.6 is 15.9 Å². The fourth-order valence-electron chi connectivity index (χ4n) is 2.91. The summed E-state index contributed by atoms with van der Waals surface area (Å²) in [5.41, 5.74) is 0.967. The van der Waals surface area contributed by atoms with Crippen LogP contribution in [0.4, 0.5) is 16.0 Å². The van der Waals surface area contributed by atoms with Crippen molar-refractivity contribution in [1.82, 2.24) is 19.6 Å². The number of anilines is 1. The molecule has 1 N–H and O–H groups in total. The molecule has 1 unspecified atom stereocenters. The Morgan fingerprint density at radius 1 is 1.38 bits per heavy atom. The van der Waals surface area contributed by atoms with Crippen molar-refractivity contribution in [2.75, 3.05) is 5.32 Å². The van der Waals surface area contributed by atoms with Crippen molar-refractivity contribution in [1.29, 1.82) is 0 Å². The minimum absolute atomic E-state index is 0.197. The zero-order valence-corrected chi connectivity index (χ0v) is 17.3. The molecule has 0 aliphatic carbocycles. The van der Waals surface area contributed by atoms with Gasteiger partial charge in [0.15, 0.2) is 11.9 Å². The molecule has 0 aliphatic heterocycles. The second kappa shape index (κ2) is 8.52. The van der Waals surface area contributed by atoms with E-state index < -0.39 is 16.9 Å². The normalized spacial score (nSPS) is 12.0. The van der Waals surface area contributed by atoms with Crippen molar-refractivity contribution >= 4 is 33.5 Å². The van der Waals surface area contributed by atoms with E-state index in [1.165, 1.54) is 21.5 Å². The highest BCUT2D eigenvalue weighted by atomic mass is 79.9. The molecular weight excluding hydrogens is 447 g/mol. The van der Waals surface area contributed by atoms with Gasteiger partial charge in [0.25, 0.3) is 5.91 Å². The maximum Gasteiger partial charge on any atom is 0.390 e. The number of aryl methyl sites for hydroxylation is 1. The van der Waals surface area contributed by atoms with Gasteiger partial charge < -0.3 is 15.4 Å². The number of nitrogens with zero attached hydrogens (tertiary/aromatic N) is 5. The summed E-state index contributed by atoms with van der Waals surface area (Å²) in [5.74, 6) is -0.801. The van der Waals surface area contributed by atoms with E-state index in [-0.39, 0.29) is 24.0 Å². The second-order valence-corrected chi connectivity index (χ2v) is 7.23. The van der Waals surface area contributed by atoms with Gasteiger partial charge in [0.1, 0.15) is 5.82 Å². The number of carbonyl (C=O) groups is 1. The molecule has 0 radical (unpaired) electrons. The average Bonchev–Trinajstić information content (AvgIpc) is 3.21. The molecule has 0 bridgehead atoms. The van der Waals surface area contributed by atoms with Gasteiger partial charge in [-0.15, -0.1) is 0 Å². The molecule has 29 heavy (non-hydrogen) atoms. The predicted octanol–water partition coefficient (Wildman–Crippen LogP) is 3.84. The van der Waals surface area contributed by atoms with E-state index >= 15 is 0 Å². The largest absolute Gasteiger partial charge is 0.390 e. The summed E-state index contributed by atoms with van der Waals surface area (Å²) in [4.78, 5) is 23.1. The topological polar surface area (TPSA) is 108 Å². The number of nitrogens with one attached hydrogen (secondary N) is 1. The molecule has 1 amide bonds. The Morgan fingerprint density at radius 3 is 2.72 bits per heavy atom. The van der Waals surface area contributed by atoms with Crippen LogP contribution in [0.5, 0.6) is 0 Å². The Kier molecular flexibility index (Phi) is 6.06. The van der Waals surface area contributed by atoms with Crippen molar-refractivity contribution in [3.8, 4) is 0 Å². The van der Waals surface area contributed by atoms with Gasteiger partial charge in [-0.3, -0.25) is 9.48 Å². The standard InChI is InChI=1S/C18H18BrFN6O3/c1-3-15(25-11(2)8-16(22-25)26(28)29)18(27)21-17-13(19)10-24(23-17)9-12-6-4-5-7-14(12)20/h4-8,10,15H,3,9H2,1-2H3,(H,21,23,27). The number of benzene rings is 1. The van der Waals surface area contributed by atoms with E-state index in [9.17, 15) is 19.3 Å². The molecule has 11 heteroatoms. The number of carbonyl (C=O) groups excluding carboxylic acids is 1. The summed E-state index contributed by atoms with van der Waals surface area (Å²) >= 11 is 3.34. The molecule has 3 aromatic rings. The fourth-order valence-corrected chi connectivity index (χ4v) is 3.32. The molecule has 152 valence electrons. The quantitative estimate of drug-likeness (QED) is 0.422. The van der Waals surface area contributed by atoms with Crippen molar-refractivity contribution in [2.45, 2.75) is 32.9 Å². The highest BCUT2D eigenvalue weighted by Gasteiger charge is 2.28. The van der Waals surface area contributed by atoms with Gasteiger partial charge in [0.2, 0.25) is 0 Å². The lowest BCUT2D eigenvalue weighted by Crippen LogP contribution is -2.27. The average molecular weight is 465 g/mol. The third-order valence-corrected chi connectivity index (χ3v) is 4.91. The van der Waals surface area contributed by atoms with Crippen LogP contribution in [0.2, 0.25) is 0 Å². The first-order chi connectivity index (χ1) is 13.8. The number of aromatic nitrogens is 4. The van der Waals surface area contributed by atoms with Crippen LogP contribution in [0.15, 0.2) is 41.0 Å². The smallest absolute Gasteiger partial charge is 0.358 e. The molecule has 0 spiro atoms. The highest BCUT2D eigenvalue weighted by molar-refractivity contribution is 9.10. The van der Waals surface area contributed by atoms with Crippen LogP contribution < -0.4 is 5.32 Å². The first-order valence-electron chi connectivity index (χ1n) is 8.78. The maximum absolute atomic E-state index is 13.8. The summed E-state index contributed by atoms with van der Waals surface area (Å²) in [5, 5.41) is 21.8. The number of rotatable bonds is 7. The zero-order chi connectivity index (χ0) is 21.1. The van der Waals surface area contributed by atoms with E-state index in [1.807, 2.05) is 0 Å². The lowest BCUT2D eigenvalue weighted by molar-refractivity contribution is -0.389. The van der Waals surface area contributed by atoms with E-state index in [1.54, 1.807) is 38.2 Å². The van der Waals surface area contributed by atoms with Crippen LogP contribution in [0.3, 0.4) is 0 Å². The monoisotopic (exact) mass is 464 g/mol. The summed E-state index contributed by atoms with van der Waals surface area (Å²) in [7, 11) is 0. The lowest BCUT2D eigenvalue weighted by atomic mass is 10.2. The molecule has 0 saturated carbocycles. The molecular formula is C18H18BrFN6O3. The molecule has 1 atom stereocenters. The van der Waals surface area contributed by atoms with Crippen LogP contribution in [0.1, 0.15) is 30.6 Å². The van der Waals surface area contributed by atoms with Gasteiger partial charge in [-0.25, -0.2) is 4.39 Å². The number of hydrogen-bond acceptors (Lipinski definition) is 5. The Morgan fingerprint density at radius 2 is 2.10 bits per heavy atom. The number of halogens is 2. The van der Waals surface area contributed by atoms with E-state index in [0.717, 1.165) is 0 Å². The minimum atomic E-state index is -0.743. The third kappa shape index (κ3) is 4.50. The molecule has 0 saturated heterocycles. The number of amides is 1. The summed E-state index contributed by atoms with van der Waals surface area (Å²) < 4.78 is 17.2. The van der Waals surface area contributed by atoms with Crippen LogP contribution in [0, 0.1) is 22.9 Å². The number of hydrogen-bond donors (Lipinski definition) is 1. The molecule has 2 heterocycles. The Hall–Kier alpha value is -3.08. The third-order valence-electron chi connectivity index (χ3n) is 4.33. The fraction of sp³-hybridized carbons (Fsp3) is 0.278. The maximum atomic E-state index is 13.8. The highest BCUT2D eigenvalue weighted by Crippen LogP contribution is 2.24. The summed E-state index contributed by atoms with van der Waals surface area (Å²) in [6.07, 6.45) is 2.01. The van der Waals surface area contributed by atoms with E-state index in [4.69, 9.17) is 0 Å². The SMILES string of the molecule is CCC(C(=O)Nc1nn(Cc2ccccc2F)cc1Br)n1nc([N+](=O)[O-])cc1C. The predicted molar refractivity (Wildman–Crippen MR) is 107 cm³/mol. The van der Waals surface area contributed by atoms with Gasteiger partial charge in [-0.1, -0.05) is 25.1 Å². The van der Waals surface area contributed by atoms with E-state index in [2.05, 4.69) is 31.4 Å². The summed E-state index contributed by atoms with van der Waals surface area (Å²) in [6, 6.07) is 6.94. The van der Waals surface area contributed by atoms with Gasteiger partial charge in [0, 0.05) is 11.8 Å². The number of nitro groups is 1. The van der Waals surface area contributed by atoms with Gasteiger partial charge >= 0.3 is 5.82 Å². The molecule has 1 aromatic carbocycles. The molecule has 2 aromatic heterocycles. The van der Waals surface area contributed by atoms with Crippen LogP contribution in [-0.2, 0) is 11.3 Å².